The van der Waals surface area contributed by atoms with E-state index in [0.717, 1.165) is 24.2 Å². The van der Waals surface area contributed by atoms with Crippen LogP contribution in [0.25, 0.3) is 0 Å². The summed E-state index contributed by atoms with van der Waals surface area (Å²) in [6.07, 6.45) is 2.66. The first-order valence-electron chi connectivity index (χ1n) is 6.58. The van der Waals surface area contributed by atoms with Crippen molar-refractivity contribution in [2.45, 2.75) is 31.7 Å². The molecule has 104 valence electrons. The Morgan fingerprint density at radius 1 is 1.45 bits per heavy atom. The van der Waals surface area contributed by atoms with E-state index in [0.29, 0.717) is 18.7 Å². The van der Waals surface area contributed by atoms with Gasteiger partial charge in [-0.1, -0.05) is 12.1 Å². The highest BCUT2D eigenvalue weighted by Crippen LogP contribution is 2.24. The first kappa shape index (κ1) is 12.7. The van der Waals surface area contributed by atoms with E-state index in [-0.39, 0.29) is 5.75 Å². The average molecular weight is 273 g/mol. The highest BCUT2D eigenvalue weighted by atomic mass is 16.4. The molecule has 2 aromatic rings. The molecule has 0 amide bonds. The van der Waals surface area contributed by atoms with Gasteiger partial charge in [-0.15, -0.1) is 0 Å². The molecule has 1 unspecified atom stereocenters. The van der Waals surface area contributed by atoms with Crippen LogP contribution in [0, 0.1) is 0 Å². The lowest BCUT2D eigenvalue weighted by atomic mass is 10.1. The molecule has 1 aliphatic rings. The number of nitrogens with zero attached hydrogens (tertiary/aromatic N) is 3. The zero-order valence-corrected chi connectivity index (χ0v) is 10.9. The molecule has 0 bridgehead atoms. The molecule has 6 nitrogen and oxygen atoms in total. The van der Waals surface area contributed by atoms with Crippen LogP contribution < -0.4 is 0 Å². The van der Waals surface area contributed by atoms with Crippen LogP contribution >= 0.6 is 0 Å². The fraction of sp³-hybridized carbons (Fsp3) is 0.357. The van der Waals surface area contributed by atoms with Crippen LogP contribution in [-0.2, 0) is 17.6 Å². The zero-order chi connectivity index (χ0) is 14.1. The van der Waals surface area contributed by atoms with Crippen LogP contribution in [0.5, 0.6) is 5.75 Å². The summed E-state index contributed by atoms with van der Waals surface area (Å²) in [5.41, 5.74) is 0.903. The number of benzene rings is 1. The summed E-state index contributed by atoms with van der Waals surface area (Å²) in [6, 6.07) is 6.31. The average Bonchev–Trinajstić information content (AvgIpc) is 2.80. The molecule has 1 aromatic heterocycles. The van der Waals surface area contributed by atoms with E-state index in [2.05, 4.69) is 10.1 Å². The largest absolute Gasteiger partial charge is 0.508 e. The summed E-state index contributed by atoms with van der Waals surface area (Å²) in [5.74, 6) is 0.673. The number of aryl methyl sites for hydroxylation is 1. The van der Waals surface area contributed by atoms with Crippen molar-refractivity contribution in [3.05, 3.63) is 41.5 Å². The second-order valence-electron chi connectivity index (χ2n) is 4.98. The van der Waals surface area contributed by atoms with Crippen molar-refractivity contribution in [2.24, 2.45) is 0 Å². The fourth-order valence-corrected chi connectivity index (χ4v) is 2.55. The number of aromatic nitrogens is 3. The molecule has 0 spiro atoms. The quantitative estimate of drug-likeness (QED) is 0.885. The number of hydrogen-bond acceptors (Lipinski definition) is 4. The number of fused-ring (bicyclic) bond motifs is 1. The van der Waals surface area contributed by atoms with Gasteiger partial charge in [0.15, 0.2) is 11.9 Å². The molecule has 0 aliphatic carbocycles. The van der Waals surface area contributed by atoms with E-state index < -0.39 is 12.0 Å². The number of rotatable bonds is 3. The van der Waals surface area contributed by atoms with Crippen molar-refractivity contribution >= 4 is 5.97 Å². The fourth-order valence-electron chi connectivity index (χ4n) is 2.55. The van der Waals surface area contributed by atoms with Crippen LogP contribution in [-0.4, -0.2) is 30.9 Å². The summed E-state index contributed by atoms with van der Waals surface area (Å²) in [7, 11) is 0. The molecule has 1 aromatic carbocycles. The summed E-state index contributed by atoms with van der Waals surface area (Å²) in [4.78, 5) is 15.6. The molecule has 0 saturated heterocycles. The van der Waals surface area contributed by atoms with Crippen molar-refractivity contribution in [3.8, 4) is 5.75 Å². The minimum atomic E-state index is -0.861. The SMILES string of the molecule is O=C(O)C1CCCc2nc(Cc3cccc(O)c3)nn21. The van der Waals surface area contributed by atoms with Gasteiger partial charge >= 0.3 is 5.97 Å². The van der Waals surface area contributed by atoms with Gasteiger partial charge in [0, 0.05) is 12.8 Å². The number of hydrogen-bond donors (Lipinski definition) is 2. The van der Waals surface area contributed by atoms with Crippen molar-refractivity contribution in [1.82, 2.24) is 14.8 Å². The second kappa shape index (κ2) is 4.96. The monoisotopic (exact) mass is 273 g/mol. The maximum absolute atomic E-state index is 11.2. The summed E-state index contributed by atoms with van der Waals surface area (Å²) >= 11 is 0. The van der Waals surface area contributed by atoms with E-state index in [4.69, 9.17) is 0 Å². The van der Waals surface area contributed by atoms with Crippen molar-refractivity contribution in [1.29, 1.82) is 0 Å². The van der Waals surface area contributed by atoms with Gasteiger partial charge in [0.05, 0.1) is 0 Å². The minimum absolute atomic E-state index is 0.204. The van der Waals surface area contributed by atoms with Crippen LogP contribution in [0.3, 0.4) is 0 Å². The molecular formula is C14H15N3O3. The maximum atomic E-state index is 11.2. The van der Waals surface area contributed by atoms with Gasteiger partial charge in [0.2, 0.25) is 0 Å². The third-order valence-electron chi connectivity index (χ3n) is 3.48. The molecule has 6 heteroatoms. The lowest BCUT2D eigenvalue weighted by Gasteiger charge is -2.19. The van der Waals surface area contributed by atoms with Crippen molar-refractivity contribution < 1.29 is 15.0 Å². The van der Waals surface area contributed by atoms with Gasteiger partial charge in [-0.3, -0.25) is 0 Å². The number of aromatic hydroxyl groups is 1. The standard InChI is InChI=1S/C14H15N3O3/c18-10-4-1-3-9(7-10)8-12-15-13-6-2-5-11(14(19)20)17(13)16-12/h1,3-4,7,11,18H,2,5-6,8H2,(H,19,20). The van der Waals surface area contributed by atoms with Gasteiger partial charge in [-0.05, 0) is 30.5 Å². The first-order chi connectivity index (χ1) is 9.63. The van der Waals surface area contributed by atoms with Gasteiger partial charge in [0.1, 0.15) is 11.6 Å². The molecule has 0 radical (unpaired) electrons. The number of carbonyl (C=O) groups is 1. The molecule has 2 heterocycles. The van der Waals surface area contributed by atoms with Gasteiger partial charge in [-0.25, -0.2) is 14.5 Å². The highest BCUT2D eigenvalue weighted by molar-refractivity contribution is 5.71. The number of aliphatic carboxylic acids is 1. The van der Waals surface area contributed by atoms with Crippen molar-refractivity contribution in [2.75, 3.05) is 0 Å². The van der Waals surface area contributed by atoms with Crippen LogP contribution in [0.2, 0.25) is 0 Å². The molecule has 1 atom stereocenters. The summed E-state index contributed by atoms with van der Waals surface area (Å²) < 4.78 is 1.53. The number of phenolic OH excluding ortho intramolecular Hbond substituents is 1. The lowest BCUT2D eigenvalue weighted by Crippen LogP contribution is -2.26. The van der Waals surface area contributed by atoms with Crippen LogP contribution in [0.1, 0.15) is 36.1 Å². The lowest BCUT2D eigenvalue weighted by molar-refractivity contribution is -0.141. The van der Waals surface area contributed by atoms with E-state index >= 15 is 0 Å². The molecule has 1 aliphatic heterocycles. The zero-order valence-electron chi connectivity index (χ0n) is 10.9. The Balaban J connectivity index is 1.87. The topological polar surface area (TPSA) is 88.2 Å². The van der Waals surface area contributed by atoms with E-state index in [1.54, 1.807) is 18.2 Å². The summed E-state index contributed by atoms with van der Waals surface area (Å²) in [6.45, 7) is 0. The minimum Gasteiger partial charge on any atom is -0.508 e. The van der Waals surface area contributed by atoms with E-state index in [9.17, 15) is 15.0 Å². The molecule has 20 heavy (non-hydrogen) atoms. The van der Waals surface area contributed by atoms with Crippen molar-refractivity contribution in [3.63, 3.8) is 0 Å². The van der Waals surface area contributed by atoms with Gasteiger partial charge in [-0.2, -0.15) is 5.10 Å². The number of carboxylic acids is 1. The molecule has 0 saturated carbocycles. The third kappa shape index (κ3) is 2.36. The predicted octanol–water partition coefficient (Wildman–Crippen LogP) is 1.54. The Morgan fingerprint density at radius 3 is 3.05 bits per heavy atom. The molecule has 3 rings (SSSR count). The van der Waals surface area contributed by atoms with E-state index in [1.165, 1.54) is 4.68 Å². The predicted molar refractivity (Wildman–Crippen MR) is 70.5 cm³/mol. The molecule has 2 N–H and O–H groups in total. The summed E-state index contributed by atoms with van der Waals surface area (Å²) in [5, 5.41) is 23.0. The van der Waals surface area contributed by atoms with Gasteiger partial charge in [0.25, 0.3) is 0 Å². The number of carboxylic acid groups (broad SMARTS) is 1. The smallest absolute Gasteiger partial charge is 0.328 e. The molecular weight excluding hydrogens is 258 g/mol. The second-order valence-corrected chi connectivity index (χ2v) is 4.98. The highest BCUT2D eigenvalue weighted by Gasteiger charge is 2.28. The van der Waals surface area contributed by atoms with Gasteiger partial charge < -0.3 is 10.2 Å². The third-order valence-corrected chi connectivity index (χ3v) is 3.48. The Kier molecular flexibility index (Phi) is 3.14. The number of phenols is 1. The Hall–Kier alpha value is -2.37. The Bertz CT molecular complexity index is 651. The first-order valence-corrected chi connectivity index (χ1v) is 6.58. The Morgan fingerprint density at radius 2 is 2.30 bits per heavy atom. The Labute approximate surface area is 115 Å². The van der Waals surface area contributed by atoms with Crippen LogP contribution in [0.15, 0.2) is 24.3 Å². The normalized spacial score (nSPS) is 17.7. The van der Waals surface area contributed by atoms with E-state index in [1.807, 2.05) is 6.07 Å². The maximum Gasteiger partial charge on any atom is 0.328 e. The molecule has 0 fully saturated rings. The van der Waals surface area contributed by atoms with Crippen LogP contribution in [0.4, 0.5) is 0 Å².